The molecule has 6 nitrogen and oxygen atoms in total. The molecule has 1 fully saturated rings. The van der Waals surface area contributed by atoms with Gasteiger partial charge in [-0.2, -0.15) is 4.98 Å². The van der Waals surface area contributed by atoms with Gasteiger partial charge in [-0.3, -0.25) is 18.9 Å². The normalized spacial score (nSPS) is 15.5. The molecule has 0 N–H and O–H groups in total. The van der Waals surface area contributed by atoms with E-state index in [0.717, 1.165) is 17.3 Å². The minimum absolute atomic E-state index is 0.0376. The first kappa shape index (κ1) is 21.2. The maximum Gasteiger partial charge on any atom is 0.269 e. The second-order valence-electron chi connectivity index (χ2n) is 7.20. The van der Waals surface area contributed by atoms with Crippen LogP contribution in [0.3, 0.4) is 0 Å². The molecule has 31 heavy (non-hydrogen) atoms. The van der Waals surface area contributed by atoms with Crippen LogP contribution in [0.2, 0.25) is 0 Å². The average molecular weight is 456 g/mol. The van der Waals surface area contributed by atoms with Crippen LogP contribution in [0.4, 0.5) is 4.39 Å². The number of carbonyl (C=O) groups excluding carboxylic acids is 1. The molecule has 1 aromatic carbocycles. The molecule has 4 rings (SSSR count). The number of pyridine rings is 1. The maximum atomic E-state index is 14.2. The lowest BCUT2D eigenvalue weighted by Crippen LogP contribution is -2.34. The summed E-state index contributed by atoms with van der Waals surface area (Å²) in [6.45, 7) is 5.52. The third-order valence-electron chi connectivity index (χ3n) is 4.71. The van der Waals surface area contributed by atoms with Crippen LogP contribution in [0.5, 0.6) is 11.6 Å². The van der Waals surface area contributed by atoms with E-state index in [2.05, 4.69) is 4.98 Å². The summed E-state index contributed by atoms with van der Waals surface area (Å²) in [5.74, 6) is -1.04. The minimum Gasteiger partial charge on any atom is -0.435 e. The monoisotopic (exact) mass is 455 g/mol. The van der Waals surface area contributed by atoms with Gasteiger partial charge in [0.05, 0.1) is 4.91 Å². The number of nitrogens with zero attached hydrogens (tertiary/aromatic N) is 3. The van der Waals surface area contributed by atoms with Crippen LogP contribution in [0.15, 0.2) is 52.3 Å². The Labute approximate surface area is 187 Å². The summed E-state index contributed by atoms with van der Waals surface area (Å²) in [6, 6.07) is 9.26. The molecule has 1 aliphatic heterocycles. The second kappa shape index (κ2) is 8.24. The van der Waals surface area contributed by atoms with Crippen molar-refractivity contribution >= 4 is 45.9 Å². The van der Waals surface area contributed by atoms with Crippen molar-refractivity contribution in [1.82, 2.24) is 14.3 Å². The lowest BCUT2D eigenvalue weighted by Gasteiger charge is -2.18. The summed E-state index contributed by atoms with van der Waals surface area (Å²) in [7, 11) is 0. The molecular formula is C22H18FN3O3S2. The van der Waals surface area contributed by atoms with Gasteiger partial charge in [-0.25, -0.2) is 4.39 Å². The van der Waals surface area contributed by atoms with Crippen molar-refractivity contribution in [2.45, 2.75) is 26.8 Å². The number of thioether (sulfide) groups is 1. The number of amides is 1. The molecule has 0 atom stereocenters. The Morgan fingerprint density at radius 1 is 1.19 bits per heavy atom. The van der Waals surface area contributed by atoms with Gasteiger partial charge in [-0.1, -0.05) is 42.2 Å². The Morgan fingerprint density at radius 3 is 2.61 bits per heavy atom. The van der Waals surface area contributed by atoms with Crippen LogP contribution in [-0.2, 0) is 4.79 Å². The molecule has 158 valence electrons. The third kappa shape index (κ3) is 3.86. The van der Waals surface area contributed by atoms with Gasteiger partial charge in [0.2, 0.25) is 5.88 Å². The van der Waals surface area contributed by atoms with E-state index in [1.807, 2.05) is 26.8 Å². The molecule has 1 amide bonds. The smallest absolute Gasteiger partial charge is 0.269 e. The summed E-state index contributed by atoms with van der Waals surface area (Å²) in [5, 5.41) is 0. The molecule has 3 aromatic rings. The zero-order valence-electron chi connectivity index (χ0n) is 17.0. The van der Waals surface area contributed by atoms with E-state index in [9.17, 15) is 14.0 Å². The van der Waals surface area contributed by atoms with Gasteiger partial charge in [0.1, 0.15) is 15.5 Å². The summed E-state index contributed by atoms with van der Waals surface area (Å²) in [4.78, 5) is 32.4. The van der Waals surface area contributed by atoms with Gasteiger partial charge in [0.15, 0.2) is 11.6 Å². The molecule has 0 radical (unpaired) electrons. The number of rotatable bonds is 4. The Balaban J connectivity index is 1.92. The van der Waals surface area contributed by atoms with Gasteiger partial charge in [-0.05, 0) is 50.6 Å². The predicted molar refractivity (Wildman–Crippen MR) is 123 cm³/mol. The Morgan fingerprint density at radius 2 is 1.94 bits per heavy atom. The van der Waals surface area contributed by atoms with E-state index in [4.69, 9.17) is 17.0 Å². The lowest BCUT2D eigenvalue weighted by molar-refractivity contribution is -0.123. The first-order valence-corrected chi connectivity index (χ1v) is 10.7. The van der Waals surface area contributed by atoms with Crippen molar-refractivity contribution < 1.29 is 13.9 Å². The number of fused-ring (bicyclic) bond motifs is 1. The second-order valence-corrected chi connectivity index (χ2v) is 8.87. The van der Waals surface area contributed by atoms with Crippen LogP contribution >= 0.6 is 24.0 Å². The molecule has 2 aromatic heterocycles. The van der Waals surface area contributed by atoms with E-state index in [1.54, 1.807) is 18.3 Å². The number of benzene rings is 1. The van der Waals surface area contributed by atoms with Crippen molar-refractivity contribution in [3.8, 4) is 11.6 Å². The lowest BCUT2D eigenvalue weighted by atomic mass is 10.2. The molecule has 1 aliphatic rings. The number of thiocarbonyl (C=S) groups is 1. The number of aryl methyl sites for hydroxylation is 1. The molecule has 1 saturated heterocycles. The first-order chi connectivity index (χ1) is 14.8. The fourth-order valence-corrected chi connectivity index (χ4v) is 4.69. The standard InChI is InChI=1S/C22H18FN3O3S2/c1-12(2)26-21(28)17(31-22(26)30)11-14-19(29-16-9-5-4-8-15(16)23)24-18-13(3)7-6-10-25(18)20(14)27/h4-12H,1-3H3/b17-11+. The molecule has 3 heterocycles. The highest BCUT2D eigenvalue weighted by molar-refractivity contribution is 8.26. The molecular weight excluding hydrogens is 437 g/mol. The van der Waals surface area contributed by atoms with E-state index >= 15 is 0 Å². The van der Waals surface area contributed by atoms with Gasteiger partial charge in [0.25, 0.3) is 11.5 Å². The molecule has 0 saturated carbocycles. The molecule has 0 bridgehead atoms. The minimum atomic E-state index is -0.591. The molecule has 0 spiro atoms. The third-order valence-corrected chi connectivity index (χ3v) is 6.04. The number of halogens is 1. The quantitative estimate of drug-likeness (QED) is 0.425. The summed E-state index contributed by atoms with van der Waals surface area (Å²) >= 11 is 6.42. The number of aromatic nitrogens is 2. The molecule has 9 heteroatoms. The largest absolute Gasteiger partial charge is 0.435 e. The number of para-hydroxylation sites is 1. The topological polar surface area (TPSA) is 63.9 Å². The van der Waals surface area contributed by atoms with Crippen molar-refractivity contribution in [3.05, 3.63) is 74.8 Å². The summed E-state index contributed by atoms with van der Waals surface area (Å²) < 4.78 is 21.7. The van der Waals surface area contributed by atoms with Crippen molar-refractivity contribution in [2.24, 2.45) is 0 Å². The molecule has 0 aliphatic carbocycles. The van der Waals surface area contributed by atoms with E-state index in [1.165, 1.54) is 33.6 Å². The summed E-state index contributed by atoms with van der Waals surface area (Å²) in [6.07, 6.45) is 3.00. The van der Waals surface area contributed by atoms with Crippen LogP contribution in [0, 0.1) is 12.7 Å². The van der Waals surface area contributed by atoms with Gasteiger partial charge >= 0.3 is 0 Å². The predicted octanol–water partition coefficient (Wildman–Crippen LogP) is 4.54. The average Bonchev–Trinajstić information content (AvgIpc) is 3.00. The SMILES string of the molecule is Cc1cccn2c(=O)c(/C=C3/SC(=S)N(C(C)C)C3=O)c(Oc3ccccc3F)nc12. The first-order valence-electron chi connectivity index (χ1n) is 9.49. The van der Waals surface area contributed by atoms with Gasteiger partial charge < -0.3 is 4.74 Å². The van der Waals surface area contributed by atoms with E-state index < -0.39 is 11.4 Å². The van der Waals surface area contributed by atoms with Gasteiger partial charge in [0, 0.05) is 12.2 Å². The summed E-state index contributed by atoms with van der Waals surface area (Å²) in [5.41, 5.74) is 0.729. The molecule has 0 unspecified atom stereocenters. The highest BCUT2D eigenvalue weighted by Crippen LogP contribution is 2.35. The fraction of sp³-hybridized carbons (Fsp3) is 0.182. The highest BCUT2D eigenvalue weighted by atomic mass is 32.2. The Hall–Kier alpha value is -3.04. The number of carbonyl (C=O) groups is 1. The van der Waals surface area contributed by atoms with Crippen molar-refractivity contribution in [3.63, 3.8) is 0 Å². The van der Waals surface area contributed by atoms with Crippen molar-refractivity contribution in [2.75, 3.05) is 0 Å². The van der Waals surface area contributed by atoms with Crippen LogP contribution in [0.1, 0.15) is 25.0 Å². The maximum absolute atomic E-state index is 14.2. The zero-order chi connectivity index (χ0) is 22.3. The zero-order valence-corrected chi connectivity index (χ0v) is 18.6. The fourth-order valence-electron chi connectivity index (χ4n) is 3.18. The number of ether oxygens (including phenoxy) is 1. The number of hydrogen-bond donors (Lipinski definition) is 0. The van der Waals surface area contributed by atoms with Gasteiger partial charge in [-0.15, -0.1) is 0 Å². The van der Waals surface area contributed by atoms with E-state index in [-0.39, 0.29) is 34.0 Å². The van der Waals surface area contributed by atoms with Crippen LogP contribution < -0.4 is 10.3 Å². The number of hydrogen-bond acceptors (Lipinski definition) is 6. The van der Waals surface area contributed by atoms with Crippen LogP contribution in [0.25, 0.3) is 11.7 Å². The van der Waals surface area contributed by atoms with Crippen molar-refractivity contribution in [1.29, 1.82) is 0 Å². The highest BCUT2D eigenvalue weighted by Gasteiger charge is 2.34. The van der Waals surface area contributed by atoms with Crippen LogP contribution in [-0.4, -0.2) is 30.6 Å². The Kier molecular flexibility index (Phi) is 5.63. The van der Waals surface area contributed by atoms with E-state index in [0.29, 0.717) is 9.97 Å². The Bertz CT molecular complexity index is 1320.